The normalized spacial score (nSPS) is 10.2. The lowest BCUT2D eigenvalue weighted by atomic mass is 10.1. The Morgan fingerprint density at radius 3 is 2.81 bits per heavy atom. The van der Waals surface area contributed by atoms with Crippen molar-refractivity contribution in [1.29, 1.82) is 0 Å². The predicted molar refractivity (Wildman–Crippen MR) is 82.7 cm³/mol. The average molecular weight is 371 g/mol. The van der Waals surface area contributed by atoms with Gasteiger partial charge in [0.25, 0.3) is 11.6 Å². The third-order valence-corrected chi connectivity index (χ3v) is 3.73. The van der Waals surface area contributed by atoms with Crippen LogP contribution in [-0.2, 0) is 0 Å². The molecule has 0 atom stereocenters. The van der Waals surface area contributed by atoms with Gasteiger partial charge in [-0.3, -0.25) is 19.9 Å². The van der Waals surface area contributed by atoms with Crippen LogP contribution in [0, 0.1) is 17.0 Å². The van der Waals surface area contributed by atoms with Crippen LogP contribution in [0.1, 0.15) is 15.9 Å². The molecule has 1 amide bonds. The molecule has 0 bridgehead atoms. The van der Waals surface area contributed by atoms with Crippen LogP contribution in [0.25, 0.3) is 0 Å². The number of benzene rings is 1. The molecule has 0 saturated carbocycles. The van der Waals surface area contributed by atoms with Gasteiger partial charge in [-0.2, -0.15) is 0 Å². The maximum Gasteiger partial charge on any atom is 0.274 e. The second-order valence-electron chi connectivity index (χ2n) is 4.19. The topological polar surface area (TPSA) is 85.1 Å². The van der Waals surface area contributed by atoms with E-state index in [1.165, 1.54) is 24.5 Å². The van der Waals surface area contributed by atoms with E-state index in [1.54, 1.807) is 13.0 Å². The molecule has 0 saturated heterocycles. The van der Waals surface area contributed by atoms with E-state index in [1.807, 2.05) is 0 Å². The molecule has 1 aromatic carbocycles. The molecule has 2 aromatic rings. The van der Waals surface area contributed by atoms with Crippen molar-refractivity contribution in [1.82, 2.24) is 4.98 Å². The second-order valence-corrected chi connectivity index (χ2v) is 5.45. The Morgan fingerprint density at radius 1 is 1.48 bits per heavy atom. The minimum absolute atomic E-state index is 0.0780. The van der Waals surface area contributed by atoms with Crippen LogP contribution in [0.3, 0.4) is 0 Å². The average Bonchev–Trinajstić information content (AvgIpc) is 2.41. The van der Waals surface area contributed by atoms with E-state index in [2.05, 4.69) is 26.2 Å². The van der Waals surface area contributed by atoms with Crippen LogP contribution in [0.2, 0.25) is 5.02 Å². The van der Waals surface area contributed by atoms with Gasteiger partial charge in [-0.15, -0.1) is 0 Å². The zero-order chi connectivity index (χ0) is 15.6. The Balaban J connectivity index is 2.36. The summed E-state index contributed by atoms with van der Waals surface area (Å²) in [6.07, 6.45) is 2.79. The van der Waals surface area contributed by atoms with Crippen molar-refractivity contribution < 1.29 is 9.72 Å². The van der Waals surface area contributed by atoms with Crippen LogP contribution >= 0.6 is 27.5 Å². The molecule has 6 nitrogen and oxygen atoms in total. The van der Waals surface area contributed by atoms with E-state index >= 15 is 0 Å². The highest BCUT2D eigenvalue weighted by Gasteiger charge is 2.17. The molecule has 0 aliphatic rings. The van der Waals surface area contributed by atoms with Crippen LogP contribution < -0.4 is 5.32 Å². The van der Waals surface area contributed by atoms with E-state index in [0.29, 0.717) is 10.0 Å². The number of pyridine rings is 1. The third-order valence-electron chi connectivity index (χ3n) is 2.74. The van der Waals surface area contributed by atoms with E-state index < -0.39 is 10.8 Å². The van der Waals surface area contributed by atoms with Crippen molar-refractivity contribution in [3.63, 3.8) is 0 Å². The van der Waals surface area contributed by atoms with Gasteiger partial charge in [-0.25, -0.2) is 0 Å². The molecule has 0 radical (unpaired) electrons. The molecule has 1 aromatic heterocycles. The highest BCUT2D eigenvalue weighted by molar-refractivity contribution is 9.10. The number of carbonyl (C=O) groups excluding carboxylic acids is 1. The monoisotopic (exact) mass is 369 g/mol. The zero-order valence-corrected chi connectivity index (χ0v) is 13.1. The van der Waals surface area contributed by atoms with Gasteiger partial charge in [0.1, 0.15) is 0 Å². The van der Waals surface area contributed by atoms with Gasteiger partial charge in [0.15, 0.2) is 0 Å². The summed E-state index contributed by atoms with van der Waals surface area (Å²) in [5, 5.41) is 13.8. The van der Waals surface area contributed by atoms with Crippen LogP contribution in [-0.4, -0.2) is 15.8 Å². The fraction of sp³-hybridized carbons (Fsp3) is 0.0769. The van der Waals surface area contributed by atoms with Crippen molar-refractivity contribution in [2.45, 2.75) is 6.92 Å². The molecule has 8 heteroatoms. The van der Waals surface area contributed by atoms with Gasteiger partial charge in [-0.05, 0) is 35.0 Å². The first kappa shape index (κ1) is 15.4. The van der Waals surface area contributed by atoms with Crippen LogP contribution in [0.5, 0.6) is 0 Å². The highest BCUT2D eigenvalue weighted by Crippen LogP contribution is 2.31. The first-order valence-corrected chi connectivity index (χ1v) is 6.92. The summed E-state index contributed by atoms with van der Waals surface area (Å²) in [5.74, 6) is -0.494. The molecule has 0 aliphatic heterocycles. The lowest BCUT2D eigenvalue weighted by Gasteiger charge is -2.09. The molecular formula is C13H9BrClN3O3. The van der Waals surface area contributed by atoms with E-state index in [0.717, 1.165) is 0 Å². The third kappa shape index (κ3) is 3.37. The predicted octanol–water partition coefficient (Wildman–Crippen LogP) is 3.97. The second kappa shape index (κ2) is 6.19. The summed E-state index contributed by atoms with van der Waals surface area (Å²) in [5.41, 5.74) is 0.890. The lowest BCUT2D eigenvalue weighted by molar-refractivity contribution is -0.385. The molecule has 0 unspecified atom stereocenters. The summed E-state index contributed by atoms with van der Waals surface area (Å²) in [6, 6.07) is 4.35. The Morgan fingerprint density at radius 2 is 2.19 bits per heavy atom. The molecule has 1 N–H and O–H groups in total. The maximum atomic E-state index is 12.1. The minimum atomic E-state index is -0.505. The molecule has 2 rings (SSSR count). The van der Waals surface area contributed by atoms with E-state index in [9.17, 15) is 14.9 Å². The Bertz CT molecular complexity index is 737. The Labute approximate surface area is 133 Å². The van der Waals surface area contributed by atoms with Crippen molar-refractivity contribution >= 4 is 44.8 Å². The number of carbonyl (C=O) groups is 1. The van der Waals surface area contributed by atoms with Crippen LogP contribution in [0.4, 0.5) is 11.4 Å². The van der Waals surface area contributed by atoms with Gasteiger partial charge < -0.3 is 5.32 Å². The summed E-state index contributed by atoms with van der Waals surface area (Å²) >= 11 is 9.18. The number of nitrogens with zero attached hydrogens (tertiary/aromatic N) is 2. The Hall–Kier alpha value is -1.99. The number of aromatic nitrogens is 1. The molecule has 0 fully saturated rings. The van der Waals surface area contributed by atoms with E-state index in [4.69, 9.17) is 11.6 Å². The van der Waals surface area contributed by atoms with Gasteiger partial charge in [0.05, 0.1) is 21.2 Å². The van der Waals surface area contributed by atoms with Crippen molar-refractivity contribution in [3.05, 3.63) is 61.3 Å². The zero-order valence-electron chi connectivity index (χ0n) is 10.8. The van der Waals surface area contributed by atoms with Gasteiger partial charge in [0.2, 0.25) is 0 Å². The summed E-state index contributed by atoms with van der Waals surface area (Å²) in [6.45, 7) is 1.62. The van der Waals surface area contributed by atoms with Gasteiger partial charge >= 0.3 is 0 Å². The molecule has 0 spiro atoms. The minimum Gasteiger partial charge on any atom is -0.321 e. The number of hydrogen-bond acceptors (Lipinski definition) is 4. The number of hydrogen-bond donors (Lipinski definition) is 1. The number of nitro groups is 1. The summed E-state index contributed by atoms with van der Waals surface area (Å²) < 4.78 is 0.541. The molecular weight excluding hydrogens is 362 g/mol. The standard InChI is InChI=1S/C13H9BrClN3O3/c1-7-4-9(14)11(5-12(7)18(20)21)17-13(19)8-6-16-3-2-10(8)15/h2-6H,1H3,(H,17,19). The van der Waals surface area contributed by atoms with Crippen molar-refractivity contribution in [3.8, 4) is 0 Å². The number of nitro benzene ring substituents is 1. The highest BCUT2D eigenvalue weighted by atomic mass is 79.9. The quantitative estimate of drug-likeness (QED) is 0.654. The number of rotatable bonds is 3. The van der Waals surface area contributed by atoms with Gasteiger partial charge in [0, 0.05) is 28.5 Å². The smallest absolute Gasteiger partial charge is 0.274 e. The first-order valence-electron chi connectivity index (χ1n) is 5.75. The number of amides is 1. The SMILES string of the molecule is Cc1cc(Br)c(NC(=O)c2cnccc2Cl)cc1[N+](=O)[O-]. The van der Waals surface area contributed by atoms with Gasteiger partial charge in [-0.1, -0.05) is 11.6 Å². The maximum absolute atomic E-state index is 12.1. The van der Waals surface area contributed by atoms with Crippen LogP contribution in [0.15, 0.2) is 35.1 Å². The number of aryl methyl sites for hydroxylation is 1. The summed E-state index contributed by atoms with van der Waals surface area (Å²) in [7, 11) is 0. The molecule has 0 aliphatic carbocycles. The lowest BCUT2D eigenvalue weighted by Crippen LogP contribution is -2.13. The van der Waals surface area contributed by atoms with Crippen molar-refractivity contribution in [2.75, 3.05) is 5.32 Å². The summed E-state index contributed by atoms with van der Waals surface area (Å²) in [4.78, 5) is 26.4. The fourth-order valence-corrected chi connectivity index (χ4v) is 2.44. The number of nitrogens with one attached hydrogen (secondary N) is 1. The largest absolute Gasteiger partial charge is 0.321 e. The molecule has 108 valence electrons. The fourth-order valence-electron chi connectivity index (χ4n) is 1.69. The van der Waals surface area contributed by atoms with Crippen molar-refractivity contribution in [2.24, 2.45) is 0 Å². The first-order chi connectivity index (χ1) is 9.90. The van der Waals surface area contributed by atoms with E-state index in [-0.39, 0.29) is 22.0 Å². The molecule has 1 heterocycles. The number of halogens is 2. The molecule has 21 heavy (non-hydrogen) atoms. The number of anilines is 1. The Kier molecular flexibility index (Phi) is 4.54.